The topological polar surface area (TPSA) is 67.3 Å². The summed E-state index contributed by atoms with van der Waals surface area (Å²) in [7, 11) is 0. The van der Waals surface area contributed by atoms with Crippen LogP contribution in [0.1, 0.15) is 29.6 Å². The van der Waals surface area contributed by atoms with Gasteiger partial charge in [-0.25, -0.2) is 9.78 Å². The average Bonchev–Trinajstić information content (AvgIpc) is 2.65. The number of carboxylic acids is 1. The van der Waals surface area contributed by atoms with E-state index < -0.39 is 5.97 Å². The molecule has 0 aromatic carbocycles. The van der Waals surface area contributed by atoms with E-state index in [1.807, 2.05) is 0 Å². The lowest BCUT2D eigenvalue weighted by molar-refractivity contribution is -0.116. The molecule has 4 nitrogen and oxygen atoms in total. The summed E-state index contributed by atoms with van der Waals surface area (Å²) in [5.74, 6) is -0.798. The van der Waals surface area contributed by atoms with Crippen molar-refractivity contribution in [2.24, 2.45) is 0 Å². The number of aromatic nitrogens is 1. The second-order valence-corrected chi connectivity index (χ2v) is 4.82. The summed E-state index contributed by atoms with van der Waals surface area (Å²) < 4.78 is 0. The number of nitrogens with zero attached hydrogens (tertiary/aromatic N) is 1. The van der Waals surface area contributed by atoms with Crippen molar-refractivity contribution in [2.75, 3.05) is 0 Å². The van der Waals surface area contributed by atoms with Crippen molar-refractivity contribution < 1.29 is 14.7 Å². The van der Waals surface area contributed by atoms with E-state index in [4.69, 9.17) is 5.11 Å². The molecule has 1 aromatic heterocycles. The van der Waals surface area contributed by atoms with Crippen LogP contribution in [0.2, 0.25) is 0 Å². The summed E-state index contributed by atoms with van der Waals surface area (Å²) in [5, 5.41) is 9.29. The number of hydrogen-bond donors (Lipinski definition) is 1. The maximum absolute atomic E-state index is 11.5. The highest BCUT2D eigenvalue weighted by Crippen LogP contribution is 2.32. The van der Waals surface area contributed by atoms with Crippen LogP contribution in [0.5, 0.6) is 0 Å². The fourth-order valence-corrected chi connectivity index (χ4v) is 2.90. The van der Waals surface area contributed by atoms with Crippen molar-refractivity contribution in [1.29, 1.82) is 0 Å². The molecule has 1 unspecified atom stereocenters. The predicted octanol–water partition coefficient (Wildman–Crippen LogP) is 1.99. The van der Waals surface area contributed by atoms with Gasteiger partial charge in [0.1, 0.15) is 10.8 Å². The number of hydrogen-bond acceptors (Lipinski definition) is 4. The van der Waals surface area contributed by atoms with Crippen LogP contribution in [0, 0.1) is 0 Å². The molecule has 16 heavy (non-hydrogen) atoms. The van der Waals surface area contributed by atoms with Gasteiger partial charge in [-0.3, -0.25) is 4.79 Å². The maximum atomic E-state index is 11.5. The zero-order valence-electron chi connectivity index (χ0n) is 8.55. The third kappa shape index (κ3) is 2.24. The number of ketones is 1. The summed E-state index contributed by atoms with van der Waals surface area (Å²) >= 11 is 1.27. The molecule has 84 valence electrons. The van der Waals surface area contributed by atoms with Gasteiger partial charge in [-0.15, -0.1) is 0 Å². The van der Waals surface area contributed by atoms with Crippen molar-refractivity contribution >= 4 is 23.5 Å². The smallest absolute Gasteiger partial charge is 0.338 e. The van der Waals surface area contributed by atoms with Crippen LogP contribution in [-0.4, -0.2) is 27.1 Å². The van der Waals surface area contributed by atoms with Crippen LogP contribution in [0.3, 0.4) is 0 Å². The minimum Gasteiger partial charge on any atom is -0.478 e. The van der Waals surface area contributed by atoms with Crippen LogP contribution >= 0.6 is 11.8 Å². The van der Waals surface area contributed by atoms with Crippen molar-refractivity contribution in [1.82, 2.24) is 4.98 Å². The third-order valence-electron chi connectivity index (χ3n) is 2.50. The van der Waals surface area contributed by atoms with Gasteiger partial charge in [-0.2, -0.15) is 0 Å². The summed E-state index contributed by atoms with van der Waals surface area (Å²) in [5.41, 5.74) is 0.173. The fraction of sp³-hybridized carbons (Fsp3) is 0.364. The van der Waals surface area contributed by atoms with E-state index in [0.717, 1.165) is 12.8 Å². The van der Waals surface area contributed by atoms with E-state index in [9.17, 15) is 9.59 Å². The van der Waals surface area contributed by atoms with E-state index in [-0.39, 0.29) is 16.6 Å². The zero-order chi connectivity index (χ0) is 11.5. The van der Waals surface area contributed by atoms with E-state index in [1.54, 1.807) is 12.3 Å². The second kappa shape index (κ2) is 4.65. The Bertz CT molecular complexity index is 433. The van der Waals surface area contributed by atoms with Crippen molar-refractivity contribution in [3.63, 3.8) is 0 Å². The van der Waals surface area contributed by atoms with Crippen molar-refractivity contribution in [2.45, 2.75) is 29.5 Å². The lowest BCUT2D eigenvalue weighted by atomic mass is 10.3. The Morgan fingerprint density at radius 1 is 1.56 bits per heavy atom. The summed E-state index contributed by atoms with van der Waals surface area (Å²) in [6, 6.07) is 3.10. The number of thioether (sulfide) groups is 1. The molecule has 0 spiro atoms. The first-order valence-electron chi connectivity index (χ1n) is 5.06. The van der Waals surface area contributed by atoms with Gasteiger partial charge in [0.2, 0.25) is 0 Å². The Labute approximate surface area is 97.1 Å². The lowest BCUT2D eigenvalue weighted by Gasteiger charge is -2.08. The van der Waals surface area contributed by atoms with E-state index in [0.29, 0.717) is 11.4 Å². The molecule has 0 bridgehead atoms. The third-order valence-corrected chi connectivity index (χ3v) is 3.84. The highest BCUT2D eigenvalue weighted by molar-refractivity contribution is 8.00. The fourth-order valence-electron chi connectivity index (χ4n) is 1.69. The molecule has 0 saturated heterocycles. The summed E-state index contributed by atoms with van der Waals surface area (Å²) in [4.78, 5) is 26.4. The first-order valence-corrected chi connectivity index (χ1v) is 5.94. The van der Waals surface area contributed by atoms with Gasteiger partial charge in [0.05, 0.1) is 10.8 Å². The monoisotopic (exact) mass is 237 g/mol. The molecule has 5 heteroatoms. The number of carbonyl (C=O) groups excluding carboxylic acids is 1. The Kier molecular flexibility index (Phi) is 3.24. The quantitative estimate of drug-likeness (QED) is 0.870. The van der Waals surface area contributed by atoms with E-state index >= 15 is 0 Å². The molecule has 1 N–H and O–H groups in total. The van der Waals surface area contributed by atoms with Crippen LogP contribution < -0.4 is 0 Å². The number of carboxylic acid groups (broad SMARTS) is 1. The molecule has 1 aliphatic rings. The van der Waals surface area contributed by atoms with Gasteiger partial charge >= 0.3 is 5.97 Å². The minimum atomic E-state index is -0.999. The van der Waals surface area contributed by atoms with Gasteiger partial charge in [0, 0.05) is 12.6 Å². The van der Waals surface area contributed by atoms with Gasteiger partial charge in [-0.05, 0) is 25.0 Å². The minimum absolute atomic E-state index is 0.118. The molecule has 0 radical (unpaired) electrons. The number of aromatic carboxylic acids is 1. The summed E-state index contributed by atoms with van der Waals surface area (Å²) in [6.45, 7) is 0. The molecule has 1 atom stereocenters. The second-order valence-electron chi connectivity index (χ2n) is 3.63. The van der Waals surface area contributed by atoms with Gasteiger partial charge in [-0.1, -0.05) is 11.8 Å². The van der Waals surface area contributed by atoms with Crippen LogP contribution in [0.15, 0.2) is 23.4 Å². The molecular weight excluding hydrogens is 226 g/mol. The Morgan fingerprint density at radius 2 is 2.38 bits per heavy atom. The summed E-state index contributed by atoms with van der Waals surface area (Å²) in [6.07, 6.45) is 3.87. The number of rotatable bonds is 3. The molecule has 1 aliphatic carbocycles. The molecule has 2 rings (SSSR count). The molecule has 0 aliphatic heterocycles. The number of pyridine rings is 1. The molecule has 1 heterocycles. The number of Topliss-reactive ketones (excluding diaryl/α,β-unsaturated/α-hetero) is 1. The Hall–Kier alpha value is -1.36. The molecule has 1 fully saturated rings. The number of carbonyl (C=O) groups is 2. The SMILES string of the molecule is O=C(O)c1cccnc1SC1CCCC1=O. The van der Waals surface area contributed by atoms with Crippen molar-refractivity contribution in [3.05, 3.63) is 23.9 Å². The first-order chi connectivity index (χ1) is 7.68. The van der Waals surface area contributed by atoms with Crippen molar-refractivity contribution in [3.8, 4) is 0 Å². The largest absolute Gasteiger partial charge is 0.478 e. The predicted molar refractivity (Wildman–Crippen MR) is 59.7 cm³/mol. The lowest BCUT2D eigenvalue weighted by Crippen LogP contribution is -2.10. The highest BCUT2D eigenvalue weighted by atomic mass is 32.2. The Morgan fingerprint density at radius 3 is 3.00 bits per heavy atom. The van der Waals surface area contributed by atoms with Gasteiger partial charge in [0.25, 0.3) is 0 Å². The average molecular weight is 237 g/mol. The molecule has 1 aromatic rings. The first kappa shape index (κ1) is 11.1. The highest BCUT2D eigenvalue weighted by Gasteiger charge is 2.27. The molecular formula is C11H11NO3S. The van der Waals surface area contributed by atoms with E-state index in [1.165, 1.54) is 17.8 Å². The van der Waals surface area contributed by atoms with Crippen LogP contribution in [-0.2, 0) is 4.79 Å². The van der Waals surface area contributed by atoms with Crippen LogP contribution in [0.25, 0.3) is 0 Å². The normalized spacial score (nSPS) is 20.0. The zero-order valence-corrected chi connectivity index (χ0v) is 9.37. The Balaban J connectivity index is 2.20. The molecule has 0 amide bonds. The standard InChI is InChI=1S/C11H11NO3S/c13-8-4-1-5-9(8)16-10-7(11(14)15)3-2-6-12-10/h2-3,6,9H,1,4-5H2,(H,14,15). The van der Waals surface area contributed by atoms with E-state index in [2.05, 4.69) is 4.98 Å². The van der Waals surface area contributed by atoms with Crippen LogP contribution in [0.4, 0.5) is 0 Å². The molecule has 1 saturated carbocycles. The van der Waals surface area contributed by atoms with Gasteiger partial charge < -0.3 is 5.11 Å². The van der Waals surface area contributed by atoms with Gasteiger partial charge in [0.15, 0.2) is 0 Å². The maximum Gasteiger partial charge on any atom is 0.338 e.